The van der Waals surface area contributed by atoms with Crippen LogP contribution in [-0.4, -0.2) is 19.7 Å². The van der Waals surface area contributed by atoms with Gasteiger partial charge in [-0.15, -0.1) is 10.2 Å². The minimum absolute atomic E-state index is 0.0374. The minimum Gasteiger partial charge on any atom is -0.461 e. The molecule has 4 rings (SSSR count). The van der Waals surface area contributed by atoms with Crippen molar-refractivity contribution >= 4 is 22.7 Å². The first-order valence-electron chi connectivity index (χ1n) is 8.22. The molecule has 1 aromatic carbocycles. The van der Waals surface area contributed by atoms with E-state index in [1.165, 1.54) is 11.8 Å². The van der Waals surface area contributed by atoms with Gasteiger partial charge in [0.1, 0.15) is 0 Å². The number of furan rings is 1. The molecule has 7 heteroatoms. The highest BCUT2D eigenvalue weighted by Crippen LogP contribution is 2.25. The van der Waals surface area contributed by atoms with E-state index in [0.717, 1.165) is 32.9 Å². The average Bonchev–Trinajstić information content (AvgIpc) is 3.24. The minimum atomic E-state index is 0.0374. The Kier molecular flexibility index (Phi) is 4.16. The van der Waals surface area contributed by atoms with Crippen molar-refractivity contribution in [1.29, 1.82) is 0 Å². The molecule has 0 spiro atoms. The summed E-state index contributed by atoms with van der Waals surface area (Å²) in [6.45, 7) is 4.01. The number of aromatic nitrogens is 4. The Labute approximate surface area is 154 Å². The van der Waals surface area contributed by atoms with E-state index < -0.39 is 0 Å². The molecule has 0 atom stereocenters. The van der Waals surface area contributed by atoms with E-state index in [0.29, 0.717) is 17.3 Å². The predicted molar refractivity (Wildman–Crippen MR) is 102 cm³/mol. The van der Waals surface area contributed by atoms with Crippen LogP contribution in [-0.2, 0) is 12.8 Å². The van der Waals surface area contributed by atoms with Gasteiger partial charge in [0.15, 0.2) is 22.2 Å². The number of pyridine rings is 1. The van der Waals surface area contributed by atoms with Gasteiger partial charge in [-0.2, -0.15) is 0 Å². The Bertz CT molecular complexity index is 1140. The fourth-order valence-corrected chi connectivity index (χ4v) is 3.86. The van der Waals surface area contributed by atoms with Gasteiger partial charge in [0.25, 0.3) is 0 Å². The first-order chi connectivity index (χ1) is 12.5. The quantitative estimate of drug-likeness (QED) is 0.556. The van der Waals surface area contributed by atoms with Crippen LogP contribution in [0, 0.1) is 13.8 Å². The molecule has 0 aliphatic rings. The van der Waals surface area contributed by atoms with Gasteiger partial charge < -0.3 is 14.0 Å². The summed E-state index contributed by atoms with van der Waals surface area (Å²) in [5.74, 6) is 1.95. The van der Waals surface area contributed by atoms with E-state index in [9.17, 15) is 4.79 Å². The zero-order chi connectivity index (χ0) is 18.3. The summed E-state index contributed by atoms with van der Waals surface area (Å²) in [7, 11) is 1.90. The molecule has 0 aliphatic heterocycles. The van der Waals surface area contributed by atoms with Crippen LogP contribution >= 0.6 is 11.8 Å². The fraction of sp³-hybridized carbons (Fsp3) is 0.211. The predicted octanol–water partition coefficient (Wildman–Crippen LogP) is 3.83. The number of fused-ring (bicyclic) bond motifs is 1. The molecule has 0 saturated heterocycles. The van der Waals surface area contributed by atoms with Crippen molar-refractivity contribution in [2.45, 2.75) is 24.8 Å². The first-order valence-corrected chi connectivity index (χ1v) is 9.20. The third-order valence-electron chi connectivity index (χ3n) is 4.27. The van der Waals surface area contributed by atoms with Crippen molar-refractivity contribution in [1.82, 2.24) is 19.7 Å². The van der Waals surface area contributed by atoms with Crippen molar-refractivity contribution in [2.75, 3.05) is 0 Å². The second kappa shape index (κ2) is 6.49. The Morgan fingerprint density at radius 3 is 2.85 bits per heavy atom. The highest BCUT2D eigenvalue weighted by atomic mass is 32.2. The maximum absolute atomic E-state index is 12.5. The van der Waals surface area contributed by atoms with Crippen LogP contribution in [0.15, 0.2) is 51.0 Å². The normalized spacial score (nSPS) is 11.3. The van der Waals surface area contributed by atoms with Gasteiger partial charge in [-0.05, 0) is 43.2 Å². The number of benzene rings is 1. The van der Waals surface area contributed by atoms with Crippen molar-refractivity contribution in [2.24, 2.45) is 7.05 Å². The summed E-state index contributed by atoms with van der Waals surface area (Å²) in [4.78, 5) is 15.9. The molecular weight excluding hydrogens is 348 g/mol. The molecule has 26 heavy (non-hydrogen) atoms. The second-order valence-electron chi connectivity index (χ2n) is 6.29. The Morgan fingerprint density at radius 2 is 2.08 bits per heavy atom. The number of rotatable bonds is 4. The van der Waals surface area contributed by atoms with Gasteiger partial charge in [0.05, 0.1) is 11.8 Å². The molecule has 3 heterocycles. The third kappa shape index (κ3) is 2.94. The zero-order valence-electron chi connectivity index (χ0n) is 14.7. The molecule has 3 aromatic heterocycles. The van der Waals surface area contributed by atoms with Crippen molar-refractivity contribution < 1.29 is 4.42 Å². The lowest BCUT2D eigenvalue weighted by molar-refractivity contribution is 0.572. The zero-order valence-corrected chi connectivity index (χ0v) is 15.6. The molecule has 0 amide bonds. The summed E-state index contributed by atoms with van der Waals surface area (Å²) in [5, 5.41) is 9.91. The largest absolute Gasteiger partial charge is 0.461 e. The van der Waals surface area contributed by atoms with Gasteiger partial charge in [-0.3, -0.25) is 4.79 Å². The molecule has 0 fully saturated rings. The highest BCUT2D eigenvalue weighted by molar-refractivity contribution is 7.98. The van der Waals surface area contributed by atoms with E-state index in [4.69, 9.17) is 4.42 Å². The van der Waals surface area contributed by atoms with Crippen LogP contribution in [0.5, 0.6) is 0 Å². The molecule has 0 radical (unpaired) electrons. The summed E-state index contributed by atoms with van der Waals surface area (Å²) < 4.78 is 7.27. The number of hydrogen-bond acceptors (Lipinski definition) is 5. The lowest BCUT2D eigenvalue weighted by Gasteiger charge is -2.08. The SMILES string of the molecule is Cc1cc(C)c2[nH]c(CSc3nnc(-c4ccco4)n3C)cc(=O)c2c1. The van der Waals surface area contributed by atoms with E-state index in [1.54, 1.807) is 12.3 Å². The standard InChI is InChI=1S/C19H18N4O2S/c1-11-7-12(2)17-14(8-11)15(24)9-13(20-17)10-26-19-22-21-18(23(19)3)16-5-4-6-25-16/h4-9H,10H2,1-3H3,(H,20,24). The molecule has 4 aromatic rings. The van der Waals surface area contributed by atoms with Crippen molar-refractivity contribution in [3.8, 4) is 11.6 Å². The number of aromatic amines is 1. The lowest BCUT2D eigenvalue weighted by atomic mass is 10.1. The van der Waals surface area contributed by atoms with E-state index in [2.05, 4.69) is 21.2 Å². The molecule has 0 unspecified atom stereocenters. The maximum Gasteiger partial charge on any atom is 0.200 e. The summed E-state index contributed by atoms with van der Waals surface area (Å²) in [6, 6.07) is 9.34. The van der Waals surface area contributed by atoms with Crippen LogP contribution in [0.3, 0.4) is 0 Å². The first kappa shape index (κ1) is 16.7. The number of hydrogen-bond donors (Lipinski definition) is 1. The Morgan fingerprint density at radius 1 is 1.23 bits per heavy atom. The monoisotopic (exact) mass is 366 g/mol. The molecule has 6 nitrogen and oxygen atoms in total. The highest BCUT2D eigenvalue weighted by Gasteiger charge is 2.14. The van der Waals surface area contributed by atoms with Crippen LogP contribution in [0.4, 0.5) is 0 Å². The second-order valence-corrected chi connectivity index (χ2v) is 7.24. The molecule has 132 valence electrons. The Balaban J connectivity index is 1.62. The van der Waals surface area contributed by atoms with Crippen LogP contribution < -0.4 is 5.43 Å². The topological polar surface area (TPSA) is 76.7 Å². The van der Waals surface area contributed by atoms with Gasteiger partial charge in [0.2, 0.25) is 0 Å². The maximum atomic E-state index is 12.5. The number of aryl methyl sites for hydroxylation is 2. The van der Waals surface area contributed by atoms with Gasteiger partial charge in [-0.25, -0.2) is 0 Å². The number of nitrogens with zero attached hydrogens (tertiary/aromatic N) is 3. The van der Waals surface area contributed by atoms with E-state index in [-0.39, 0.29) is 5.43 Å². The Hall–Kier alpha value is -2.80. The molecule has 0 saturated carbocycles. The summed E-state index contributed by atoms with van der Waals surface area (Å²) >= 11 is 1.52. The number of thioether (sulfide) groups is 1. The number of H-pyrrole nitrogens is 1. The smallest absolute Gasteiger partial charge is 0.200 e. The van der Waals surface area contributed by atoms with E-state index >= 15 is 0 Å². The van der Waals surface area contributed by atoms with Gasteiger partial charge in [0, 0.05) is 29.9 Å². The molecule has 1 N–H and O–H groups in total. The molecule has 0 aliphatic carbocycles. The van der Waals surface area contributed by atoms with Crippen LogP contribution in [0.25, 0.3) is 22.5 Å². The van der Waals surface area contributed by atoms with Crippen molar-refractivity contribution in [3.05, 3.63) is 63.6 Å². The summed E-state index contributed by atoms with van der Waals surface area (Å²) in [6.07, 6.45) is 1.61. The molecular formula is C19H18N4O2S. The molecule has 0 bridgehead atoms. The van der Waals surface area contributed by atoms with Crippen LogP contribution in [0.1, 0.15) is 16.8 Å². The average molecular weight is 366 g/mol. The van der Waals surface area contributed by atoms with E-state index in [1.807, 2.05) is 43.7 Å². The summed E-state index contributed by atoms with van der Waals surface area (Å²) in [5.41, 5.74) is 3.96. The number of nitrogens with one attached hydrogen (secondary N) is 1. The van der Waals surface area contributed by atoms with Gasteiger partial charge >= 0.3 is 0 Å². The third-order valence-corrected chi connectivity index (χ3v) is 5.34. The van der Waals surface area contributed by atoms with Crippen LogP contribution in [0.2, 0.25) is 0 Å². The van der Waals surface area contributed by atoms with Crippen molar-refractivity contribution in [3.63, 3.8) is 0 Å². The fourth-order valence-electron chi connectivity index (χ4n) is 3.04. The van der Waals surface area contributed by atoms with Gasteiger partial charge in [-0.1, -0.05) is 17.8 Å². The lowest BCUT2D eigenvalue weighted by Crippen LogP contribution is -2.06.